The van der Waals surface area contributed by atoms with Gasteiger partial charge in [0.1, 0.15) is 11.9 Å². The Morgan fingerprint density at radius 3 is 2.18 bits per heavy atom. The number of aliphatic hydroxyl groups excluding tert-OH is 2. The highest BCUT2D eigenvalue weighted by Gasteiger charge is 2.21. The molecule has 1 aromatic carbocycles. The van der Waals surface area contributed by atoms with E-state index in [1.807, 2.05) is 26.0 Å². The van der Waals surface area contributed by atoms with E-state index in [4.69, 9.17) is 4.74 Å². The molecule has 1 rings (SSSR count). The van der Waals surface area contributed by atoms with Crippen LogP contribution in [0.3, 0.4) is 0 Å². The van der Waals surface area contributed by atoms with Gasteiger partial charge in [-0.1, -0.05) is 0 Å². The van der Waals surface area contributed by atoms with Crippen molar-refractivity contribution in [2.45, 2.75) is 26.1 Å². The molecule has 1 aromatic rings. The summed E-state index contributed by atoms with van der Waals surface area (Å²) >= 11 is 0. The maximum absolute atomic E-state index is 10.1. The number of nitrogens with one attached hydrogen (secondary N) is 1. The first-order chi connectivity index (χ1) is 8.01. The molecule has 0 aromatic heterocycles. The van der Waals surface area contributed by atoms with Gasteiger partial charge in [0.2, 0.25) is 0 Å². The number of hydrogen-bond acceptors (Lipinski definition) is 4. The van der Waals surface area contributed by atoms with Gasteiger partial charge in [0.05, 0.1) is 13.2 Å². The Bertz CT molecular complexity index is 356. The van der Waals surface area contributed by atoms with Crippen LogP contribution in [0, 0.1) is 13.8 Å². The quantitative estimate of drug-likeness (QED) is 0.715. The number of hydrogen-bond donors (Lipinski definition) is 3. The fraction of sp³-hybridized carbons (Fsp3) is 0.538. The molecule has 2 atom stereocenters. The Hall–Kier alpha value is -1.10. The third-order valence-electron chi connectivity index (χ3n) is 2.88. The molecule has 4 nitrogen and oxygen atoms in total. The second-order valence-corrected chi connectivity index (χ2v) is 4.24. The minimum Gasteiger partial charge on any atom is -0.497 e. The monoisotopic (exact) mass is 239 g/mol. The van der Waals surface area contributed by atoms with E-state index in [-0.39, 0.29) is 0 Å². The van der Waals surface area contributed by atoms with E-state index in [2.05, 4.69) is 5.32 Å². The number of methoxy groups -OCH3 is 1. The Morgan fingerprint density at radius 2 is 1.76 bits per heavy atom. The van der Waals surface area contributed by atoms with Gasteiger partial charge in [0.25, 0.3) is 0 Å². The van der Waals surface area contributed by atoms with Crippen LogP contribution in [-0.2, 0) is 0 Å². The second-order valence-electron chi connectivity index (χ2n) is 4.24. The van der Waals surface area contributed by atoms with E-state index < -0.39 is 12.2 Å². The van der Waals surface area contributed by atoms with Crippen molar-refractivity contribution in [3.05, 3.63) is 28.8 Å². The van der Waals surface area contributed by atoms with Crippen molar-refractivity contribution in [1.82, 2.24) is 5.32 Å². The zero-order valence-electron chi connectivity index (χ0n) is 10.8. The summed E-state index contributed by atoms with van der Waals surface area (Å²) in [5.41, 5.74) is 2.61. The van der Waals surface area contributed by atoms with Gasteiger partial charge >= 0.3 is 0 Å². The van der Waals surface area contributed by atoms with Crippen molar-refractivity contribution < 1.29 is 14.9 Å². The molecule has 0 bridgehead atoms. The summed E-state index contributed by atoms with van der Waals surface area (Å²) in [7, 11) is 3.35. The van der Waals surface area contributed by atoms with Crippen molar-refractivity contribution in [3.63, 3.8) is 0 Å². The molecule has 2 unspecified atom stereocenters. The van der Waals surface area contributed by atoms with E-state index in [0.29, 0.717) is 6.54 Å². The molecule has 96 valence electrons. The molecule has 0 saturated heterocycles. The summed E-state index contributed by atoms with van der Waals surface area (Å²) in [5, 5.41) is 22.8. The maximum atomic E-state index is 10.1. The van der Waals surface area contributed by atoms with Gasteiger partial charge in [-0.2, -0.15) is 0 Å². The van der Waals surface area contributed by atoms with Crippen LogP contribution in [0.4, 0.5) is 0 Å². The van der Waals surface area contributed by atoms with Crippen molar-refractivity contribution in [2.24, 2.45) is 0 Å². The topological polar surface area (TPSA) is 61.7 Å². The molecule has 0 amide bonds. The zero-order chi connectivity index (χ0) is 13.0. The average molecular weight is 239 g/mol. The zero-order valence-corrected chi connectivity index (χ0v) is 10.8. The van der Waals surface area contributed by atoms with E-state index in [1.165, 1.54) is 0 Å². The standard InChI is InChI=1S/C13H21NO3/c1-8-5-10(17-4)6-9(2)12(8)13(16)11(15)7-14-3/h5-6,11,13-16H,7H2,1-4H3. The van der Waals surface area contributed by atoms with Gasteiger partial charge in [0, 0.05) is 6.54 Å². The van der Waals surface area contributed by atoms with Gasteiger partial charge in [-0.25, -0.2) is 0 Å². The van der Waals surface area contributed by atoms with E-state index >= 15 is 0 Å². The third-order valence-corrected chi connectivity index (χ3v) is 2.88. The van der Waals surface area contributed by atoms with Gasteiger partial charge in [-0.05, 0) is 49.7 Å². The summed E-state index contributed by atoms with van der Waals surface area (Å²) < 4.78 is 5.16. The van der Waals surface area contributed by atoms with Crippen molar-refractivity contribution in [2.75, 3.05) is 20.7 Å². The predicted octanol–water partition coefficient (Wildman–Crippen LogP) is 0.926. The Labute approximate surface area is 102 Å². The largest absolute Gasteiger partial charge is 0.497 e. The molecule has 0 fully saturated rings. The minimum absolute atomic E-state index is 0.353. The van der Waals surface area contributed by atoms with Crippen molar-refractivity contribution in [1.29, 1.82) is 0 Å². The number of ether oxygens (including phenoxy) is 1. The maximum Gasteiger partial charge on any atom is 0.119 e. The number of aliphatic hydroxyl groups is 2. The Balaban J connectivity index is 3.05. The first-order valence-electron chi connectivity index (χ1n) is 5.67. The molecule has 0 aliphatic carbocycles. The minimum atomic E-state index is -0.881. The van der Waals surface area contributed by atoms with Crippen molar-refractivity contribution >= 4 is 0 Å². The van der Waals surface area contributed by atoms with E-state index in [9.17, 15) is 10.2 Å². The molecule has 0 saturated carbocycles. The molecular weight excluding hydrogens is 218 g/mol. The number of aryl methyl sites for hydroxylation is 2. The SMILES string of the molecule is CNCC(O)C(O)c1c(C)cc(OC)cc1C. The average Bonchev–Trinajstić information content (AvgIpc) is 2.28. The normalized spacial score (nSPS) is 14.5. The fourth-order valence-corrected chi connectivity index (χ4v) is 2.03. The lowest BCUT2D eigenvalue weighted by molar-refractivity contribution is 0.0195. The highest BCUT2D eigenvalue weighted by Crippen LogP contribution is 2.28. The van der Waals surface area contributed by atoms with E-state index in [1.54, 1.807) is 14.2 Å². The van der Waals surface area contributed by atoms with Crippen LogP contribution in [0.5, 0.6) is 5.75 Å². The Kier molecular flexibility index (Phi) is 4.93. The molecule has 0 spiro atoms. The van der Waals surface area contributed by atoms with Gasteiger partial charge in [0.15, 0.2) is 0 Å². The second kappa shape index (κ2) is 6.00. The first kappa shape index (κ1) is 14.0. The summed E-state index contributed by atoms with van der Waals surface area (Å²) in [6.07, 6.45) is -1.70. The summed E-state index contributed by atoms with van der Waals surface area (Å²) in [6.45, 7) is 4.16. The molecule has 4 heteroatoms. The van der Waals surface area contributed by atoms with Gasteiger partial charge in [-0.3, -0.25) is 0 Å². The number of rotatable bonds is 5. The van der Waals surface area contributed by atoms with Crippen LogP contribution in [0.25, 0.3) is 0 Å². The molecule has 0 heterocycles. The van der Waals surface area contributed by atoms with Crippen LogP contribution < -0.4 is 10.1 Å². The predicted molar refractivity (Wildman–Crippen MR) is 67.4 cm³/mol. The van der Waals surface area contributed by atoms with Crippen LogP contribution in [-0.4, -0.2) is 37.0 Å². The van der Waals surface area contributed by atoms with Crippen LogP contribution in [0.1, 0.15) is 22.8 Å². The number of likely N-dealkylation sites (N-methyl/N-ethyl adjacent to an activating group) is 1. The van der Waals surface area contributed by atoms with Crippen molar-refractivity contribution in [3.8, 4) is 5.75 Å². The molecule has 17 heavy (non-hydrogen) atoms. The Morgan fingerprint density at radius 1 is 1.24 bits per heavy atom. The highest BCUT2D eigenvalue weighted by molar-refractivity contribution is 5.42. The van der Waals surface area contributed by atoms with Gasteiger partial charge in [-0.15, -0.1) is 0 Å². The van der Waals surface area contributed by atoms with Crippen LogP contribution in [0.2, 0.25) is 0 Å². The molecule has 0 aliphatic heterocycles. The van der Waals surface area contributed by atoms with Crippen LogP contribution >= 0.6 is 0 Å². The molecule has 0 aliphatic rings. The summed E-state index contributed by atoms with van der Waals surface area (Å²) in [5.74, 6) is 0.763. The van der Waals surface area contributed by atoms with E-state index in [0.717, 1.165) is 22.4 Å². The van der Waals surface area contributed by atoms with Gasteiger partial charge < -0.3 is 20.3 Å². The molecule has 0 radical (unpaired) electrons. The van der Waals surface area contributed by atoms with Crippen LogP contribution in [0.15, 0.2) is 12.1 Å². The summed E-state index contributed by atoms with van der Waals surface area (Å²) in [6, 6.07) is 3.72. The lowest BCUT2D eigenvalue weighted by Crippen LogP contribution is -2.30. The highest BCUT2D eigenvalue weighted by atomic mass is 16.5. The number of benzene rings is 1. The smallest absolute Gasteiger partial charge is 0.119 e. The molecular formula is C13H21NO3. The first-order valence-corrected chi connectivity index (χ1v) is 5.67. The fourth-order valence-electron chi connectivity index (χ4n) is 2.03. The molecule has 3 N–H and O–H groups in total. The summed E-state index contributed by atoms with van der Waals surface area (Å²) in [4.78, 5) is 0. The lowest BCUT2D eigenvalue weighted by atomic mass is 9.94. The lowest BCUT2D eigenvalue weighted by Gasteiger charge is -2.22. The third kappa shape index (κ3) is 3.19.